The molecule has 5 nitrogen and oxygen atoms in total. The molecule has 1 aliphatic heterocycles. The van der Waals surface area contributed by atoms with Crippen molar-refractivity contribution >= 4 is 17.7 Å². The summed E-state index contributed by atoms with van der Waals surface area (Å²) in [4.78, 5) is 11.8. The van der Waals surface area contributed by atoms with E-state index in [0.717, 1.165) is 11.3 Å². The van der Waals surface area contributed by atoms with Gasteiger partial charge in [-0.15, -0.1) is 10.2 Å². The Kier molecular flexibility index (Phi) is 4.46. The summed E-state index contributed by atoms with van der Waals surface area (Å²) in [5, 5.41) is 8.66. The van der Waals surface area contributed by atoms with Gasteiger partial charge in [0.25, 0.3) is 0 Å². The maximum atomic E-state index is 14.3. The fraction of sp³-hybridized carbons (Fsp3) is 0.211. The fourth-order valence-corrected chi connectivity index (χ4v) is 3.82. The molecule has 0 N–H and O–H groups in total. The van der Waals surface area contributed by atoms with Crippen LogP contribution in [0.15, 0.2) is 53.7 Å². The van der Waals surface area contributed by atoms with Gasteiger partial charge in [0.05, 0.1) is 12.2 Å². The van der Waals surface area contributed by atoms with Crippen molar-refractivity contribution in [3.63, 3.8) is 0 Å². The van der Waals surface area contributed by atoms with Crippen LogP contribution in [-0.4, -0.2) is 32.6 Å². The highest BCUT2D eigenvalue weighted by molar-refractivity contribution is 8.00. The molecule has 4 rings (SSSR count). The first-order chi connectivity index (χ1) is 12.6. The Morgan fingerprint density at radius 2 is 1.92 bits per heavy atom. The number of cyclic esters (lactones) is 1. The van der Waals surface area contributed by atoms with Gasteiger partial charge in [-0.25, -0.2) is 4.39 Å². The van der Waals surface area contributed by atoms with Crippen LogP contribution in [0.2, 0.25) is 0 Å². The number of hydrogen-bond acceptors (Lipinski definition) is 5. The Hall–Kier alpha value is -2.67. The zero-order valence-electron chi connectivity index (χ0n) is 14.1. The van der Waals surface area contributed by atoms with E-state index in [1.807, 2.05) is 31.2 Å². The lowest BCUT2D eigenvalue weighted by atomic mass is 10.2. The van der Waals surface area contributed by atoms with Gasteiger partial charge < -0.3 is 4.74 Å². The molecule has 3 aromatic rings. The van der Waals surface area contributed by atoms with Gasteiger partial charge in [0.1, 0.15) is 11.1 Å². The minimum absolute atomic E-state index is 0.249. The average molecular weight is 369 g/mol. The number of esters is 1. The number of carbonyl (C=O) groups is 1. The molecule has 0 radical (unpaired) electrons. The maximum Gasteiger partial charge on any atom is 0.319 e. The molecule has 1 fully saturated rings. The molecule has 1 aliphatic rings. The van der Waals surface area contributed by atoms with E-state index in [-0.39, 0.29) is 17.0 Å². The molecule has 2 aromatic carbocycles. The summed E-state index contributed by atoms with van der Waals surface area (Å²) in [6.45, 7) is 2.41. The zero-order chi connectivity index (χ0) is 18.1. The second-order valence-corrected chi connectivity index (χ2v) is 7.19. The third kappa shape index (κ3) is 3.10. The van der Waals surface area contributed by atoms with Crippen molar-refractivity contribution in [1.82, 2.24) is 14.8 Å². The summed E-state index contributed by atoms with van der Waals surface area (Å²) in [6.07, 6.45) is 0.624. The van der Waals surface area contributed by atoms with Crippen LogP contribution in [0.3, 0.4) is 0 Å². The van der Waals surface area contributed by atoms with Crippen LogP contribution in [-0.2, 0) is 9.53 Å². The lowest BCUT2D eigenvalue weighted by Gasteiger charge is -2.12. The quantitative estimate of drug-likeness (QED) is 0.655. The monoisotopic (exact) mass is 369 g/mol. The summed E-state index contributed by atoms with van der Waals surface area (Å²) in [7, 11) is 0. The highest BCUT2D eigenvalue weighted by atomic mass is 32.2. The third-order valence-corrected chi connectivity index (χ3v) is 5.36. The first kappa shape index (κ1) is 16.8. The van der Waals surface area contributed by atoms with E-state index in [4.69, 9.17) is 4.74 Å². The number of hydrogen-bond donors (Lipinski definition) is 0. The molecular formula is C19H16FN3O2S. The molecule has 2 heterocycles. The van der Waals surface area contributed by atoms with Crippen LogP contribution in [0.5, 0.6) is 0 Å². The average Bonchev–Trinajstić information content (AvgIpc) is 3.23. The van der Waals surface area contributed by atoms with E-state index in [9.17, 15) is 9.18 Å². The Morgan fingerprint density at radius 1 is 1.15 bits per heavy atom. The molecule has 1 atom stereocenters. The summed E-state index contributed by atoms with van der Waals surface area (Å²) < 4.78 is 21.2. The molecule has 0 saturated carbocycles. The van der Waals surface area contributed by atoms with Gasteiger partial charge in [-0.3, -0.25) is 9.36 Å². The van der Waals surface area contributed by atoms with Crippen molar-refractivity contribution < 1.29 is 13.9 Å². The fourth-order valence-electron chi connectivity index (χ4n) is 2.80. The SMILES string of the molecule is Cc1ccc(-n2c(S[C@H]3CCOC3=O)nnc2-c2ccccc2F)cc1. The van der Waals surface area contributed by atoms with Gasteiger partial charge in [0.15, 0.2) is 11.0 Å². The summed E-state index contributed by atoms with van der Waals surface area (Å²) in [6, 6.07) is 14.3. The molecule has 7 heteroatoms. The third-order valence-electron chi connectivity index (χ3n) is 4.18. The second-order valence-electron chi connectivity index (χ2n) is 6.02. The van der Waals surface area contributed by atoms with Crippen LogP contribution in [0, 0.1) is 12.7 Å². The van der Waals surface area contributed by atoms with Crippen LogP contribution in [0.25, 0.3) is 17.1 Å². The van der Waals surface area contributed by atoms with Crippen LogP contribution >= 0.6 is 11.8 Å². The van der Waals surface area contributed by atoms with Gasteiger partial charge in [-0.2, -0.15) is 0 Å². The number of ether oxygens (including phenoxy) is 1. The molecule has 0 bridgehead atoms. The zero-order valence-corrected chi connectivity index (χ0v) is 14.9. The molecule has 0 aliphatic carbocycles. The summed E-state index contributed by atoms with van der Waals surface area (Å²) in [5.74, 6) is -0.216. The van der Waals surface area contributed by atoms with E-state index in [2.05, 4.69) is 10.2 Å². The van der Waals surface area contributed by atoms with Crippen LogP contribution < -0.4 is 0 Å². The number of halogens is 1. The second kappa shape index (κ2) is 6.92. The number of aromatic nitrogens is 3. The minimum atomic E-state index is -0.370. The largest absolute Gasteiger partial charge is 0.465 e. The summed E-state index contributed by atoms with van der Waals surface area (Å²) >= 11 is 1.30. The van der Waals surface area contributed by atoms with Crippen molar-refractivity contribution in [3.05, 3.63) is 59.9 Å². The van der Waals surface area contributed by atoms with Crippen LogP contribution in [0.1, 0.15) is 12.0 Å². The van der Waals surface area contributed by atoms with E-state index in [0.29, 0.717) is 29.6 Å². The van der Waals surface area contributed by atoms with E-state index in [1.165, 1.54) is 17.8 Å². The number of benzene rings is 2. The minimum Gasteiger partial charge on any atom is -0.465 e. The standard InChI is InChI=1S/C19H16FN3O2S/c1-12-6-8-13(9-7-12)23-17(14-4-2-3-5-15(14)20)21-22-19(23)26-16-10-11-25-18(16)24/h2-9,16H,10-11H2,1H3/t16-/m0/s1. The number of nitrogens with zero attached hydrogens (tertiary/aromatic N) is 3. The van der Waals surface area contributed by atoms with Crippen molar-refractivity contribution in [3.8, 4) is 17.1 Å². The van der Waals surface area contributed by atoms with Crippen molar-refractivity contribution in [2.45, 2.75) is 23.8 Å². The first-order valence-electron chi connectivity index (χ1n) is 8.24. The molecule has 132 valence electrons. The maximum absolute atomic E-state index is 14.3. The van der Waals surface area contributed by atoms with Gasteiger partial charge in [-0.1, -0.05) is 41.6 Å². The molecule has 1 aromatic heterocycles. The number of rotatable bonds is 4. The molecule has 0 unspecified atom stereocenters. The van der Waals surface area contributed by atoms with Gasteiger partial charge >= 0.3 is 5.97 Å². The predicted molar refractivity (Wildman–Crippen MR) is 96.7 cm³/mol. The number of aryl methyl sites for hydroxylation is 1. The highest BCUT2D eigenvalue weighted by Gasteiger charge is 2.30. The Balaban J connectivity index is 1.83. The highest BCUT2D eigenvalue weighted by Crippen LogP contribution is 2.33. The summed E-state index contributed by atoms with van der Waals surface area (Å²) in [5.41, 5.74) is 2.29. The van der Waals surface area contributed by atoms with Crippen molar-refractivity contribution in [2.24, 2.45) is 0 Å². The lowest BCUT2D eigenvalue weighted by Crippen LogP contribution is -2.11. The smallest absolute Gasteiger partial charge is 0.319 e. The molecule has 1 saturated heterocycles. The number of carbonyl (C=O) groups excluding carboxylic acids is 1. The van der Waals surface area contributed by atoms with E-state index >= 15 is 0 Å². The number of thioether (sulfide) groups is 1. The Bertz CT molecular complexity index is 956. The van der Waals surface area contributed by atoms with Crippen molar-refractivity contribution in [2.75, 3.05) is 6.61 Å². The molecule has 0 amide bonds. The Morgan fingerprint density at radius 3 is 2.62 bits per heavy atom. The van der Waals surface area contributed by atoms with Crippen LogP contribution in [0.4, 0.5) is 4.39 Å². The predicted octanol–water partition coefficient (Wildman–Crippen LogP) is 3.79. The molecule has 0 spiro atoms. The molecular weight excluding hydrogens is 353 g/mol. The first-order valence-corrected chi connectivity index (χ1v) is 9.12. The van der Waals surface area contributed by atoms with E-state index < -0.39 is 0 Å². The Labute approximate surface area is 154 Å². The van der Waals surface area contributed by atoms with E-state index in [1.54, 1.807) is 22.8 Å². The molecule has 26 heavy (non-hydrogen) atoms. The lowest BCUT2D eigenvalue weighted by molar-refractivity contribution is -0.137. The van der Waals surface area contributed by atoms with Gasteiger partial charge in [0, 0.05) is 12.1 Å². The van der Waals surface area contributed by atoms with Gasteiger partial charge in [0.2, 0.25) is 0 Å². The normalized spacial score (nSPS) is 16.7. The topological polar surface area (TPSA) is 57.0 Å². The van der Waals surface area contributed by atoms with Gasteiger partial charge in [-0.05, 0) is 31.2 Å². The van der Waals surface area contributed by atoms with Crippen molar-refractivity contribution in [1.29, 1.82) is 0 Å².